The number of rotatable bonds is 3. The van der Waals surface area contributed by atoms with Gasteiger partial charge in [0.1, 0.15) is 5.69 Å². The van der Waals surface area contributed by atoms with Crippen LogP contribution in [0.25, 0.3) is 0 Å². The second-order valence-corrected chi connectivity index (χ2v) is 6.22. The first kappa shape index (κ1) is 16.9. The second-order valence-electron chi connectivity index (χ2n) is 6.22. The van der Waals surface area contributed by atoms with Crippen molar-refractivity contribution in [2.24, 2.45) is 7.05 Å². The molecule has 3 heterocycles. The van der Waals surface area contributed by atoms with Crippen LogP contribution >= 0.6 is 0 Å². The minimum absolute atomic E-state index is 0.0228. The molecule has 0 aliphatic carbocycles. The van der Waals surface area contributed by atoms with E-state index < -0.39 is 0 Å². The van der Waals surface area contributed by atoms with Gasteiger partial charge in [0.2, 0.25) is 5.95 Å². The van der Waals surface area contributed by atoms with Gasteiger partial charge < -0.3 is 20.1 Å². The Bertz CT molecular complexity index is 805. The van der Waals surface area contributed by atoms with Gasteiger partial charge in [-0.15, -0.1) is 0 Å². The number of amides is 2. The number of nitrogens with zero attached hydrogens (tertiary/aromatic N) is 4. The maximum absolute atomic E-state index is 12.3. The van der Waals surface area contributed by atoms with Crippen molar-refractivity contribution >= 4 is 17.7 Å². The van der Waals surface area contributed by atoms with Crippen LogP contribution in [0.2, 0.25) is 0 Å². The van der Waals surface area contributed by atoms with Crippen molar-refractivity contribution in [2.75, 3.05) is 23.3 Å². The van der Waals surface area contributed by atoms with Gasteiger partial charge in [-0.2, -0.15) is 0 Å². The van der Waals surface area contributed by atoms with Gasteiger partial charge in [-0.1, -0.05) is 0 Å². The third kappa shape index (κ3) is 3.96. The normalized spacial score (nSPS) is 17.2. The summed E-state index contributed by atoms with van der Waals surface area (Å²) in [7, 11) is 1.66. The molecule has 1 atom stereocenters. The zero-order chi connectivity index (χ0) is 17.8. The number of pyridine rings is 1. The zero-order valence-corrected chi connectivity index (χ0v) is 14.4. The van der Waals surface area contributed by atoms with E-state index >= 15 is 0 Å². The van der Waals surface area contributed by atoms with E-state index in [0.29, 0.717) is 18.2 Å². The highest BCUT2D eigenvalue weighted by Gasteiger charge is 2.23. The van der Waals surface area contributed by atoms with E-state index in [1.54, 1.807) is 44.7 Å². The minimum Gasteiger partial charge on any atom is -0.339 e. The smallest absolute Gasteiger partial charge is 0.319 e. The van der Waals surface area contributed by atoms with Gasteiger partial charge in [0.25, 0.3) is 5.56 Å². The maximum Gasteiger partial charge on any atom is 0.319 e. The Morgan fingerprint density at radius 3 is 2.84 bits per heavy atom. The Balaban J connectivity index is 1.63. The number of urea groups is 1. The summed E-state index contributed by atoms with van der Waals surface area (Å²) < 4.78 is 1.44. The number of hydrogen-bond donors (Lipinski definition) is 2. The highest BCUT2D eigenvalue weighted by atomic mass is 16.2. The summed E-state index contributed by atoms with van der Waals surface area (Å²) in [5.74, 6) is 0.669. The Labute approximate surface area is 145 Å². The van der Waals surface area contributed by atoms with E-state index in [1.807, 2.05) is 0 Å². The zero-order valence-electron chi connectivity index (χ0n) is 14.4. The van der Waals surface area contributed by atoms with Crippen molar-refractivity contribution in [1.82, 2.24) is 19.9 Å². The average molecular weight is 342 g/mol. The molecule has 2 aromatic heterocycles. The lowest BCUT2D eigenvalue weighted by Gasteiger charge is -2.33. The van der Waals surface area contributed by atoms with Crippen LogP contribution in [0.5, 0.6) is 0 Å². The summed E-state index contributed by atoms with van der Waals surface area (Å²) >= 11 is 0. The number of piperidine rings is 1. The predicted octanol–water partition coefficient (Wildman–Crippen LogP) is 1.27. The molecular formula is C17H22N6O2. The monoisotopic (exact) mass is 342 g/mol. The average Bonchev–Trinajstić information content (AvgIpc) is 2.63. The number of hydrogen-bond acceptors (Lipinski definition) is 5. The lowest BCUT2D eigenvalue weighted by atomic mass is 10.1. The topological polar surface area (TPSA) is 92.2 Å². The van der Waals surface area contributed by atoms with Crippen LogP contribution in [0.1, 0.15) is 18.4 Å². The summed E-state index contributed by atoms with van der Waals surface area (Å²) in [5, 5.41) is 5.63. The summed E-state index contributed by atoms with van der Waals surface area (Å²) in [5.41, 5.74) is 0.820. The van der Waals surface area contributed by atoms with Gasteiger partial charge in [-0.25, -0.2) is 14.8 Å². The first-order valence-corrected chi connectivity index (χ1v) is 8.30. The SMILES string of the molecule is Cc1ccn(C)c(=O)c1NC(=O)NC1CCCN(c2ncccn2)C1. The number of carbonyl (C=O) groups is 1. The molecule has 0 spiro atoms. The Morgan fingerprint density at radius 2 is 2.08 bits per heavy atom. The van der Waals surface area contributed by atoms with Crippen LogP contribution in [0.15, 0.2) is 35.5 Å². The predicted molar refractivity (Wildman–Crippen MR) is 95.8 cm³/mol. The molecule has 1 saturated heterocycles. The molecule has 1 unspecified atom stereocenters. The van der Waals surface area contributed by atoms with Crippen molar-refractivity contribution in [3.8, 4) is 0 Å². The Kier molecular flexibility index (Phi) is 4.97. The number of anilines is 2. The van der Waals surface area contributed by atoms with Gasteiger partial charge >= 0.3 is 6.03 Å². The molecule has 8 heteroatoms. The highest BCUT2D eigenvalue weighted by Crippen LogP contribution is 2.15. The van der Waals surface area contributed by atoms with Crippen LogP contribution < -0.4 is 21.1 Å². The largest absolute Gasteiger partial charge is 0.339 e. The van der Waals surface area contributed by atoms with Gasteiger partial charge in [0, 0.05) is 44.8 Å². The third-order valence-corrected chi connectivity index (χ3v) is 4.31. The number of aromatic nitrogens is 3. The fraction of sp³-hybridized carbons (Fsp3) is 0.412. The second kappa shape index (κ2) is 7.33. The van der Waals surface area contributed by atoms with Crippen LogP contribution in [0.4, 0.5) is 16.4 Å². The molecule has 3 rings (SSSR count). The van der Waals surface area contributed by atoms with Gasteiger partial charge in [0.05, 0.1) is 0 Å². The summed E-state index contributed by atoms with van der Waals surface area (Å²) in [4.78, 5) is 35.0. The number of carbonyl (C=O) groups excluding carboxylic acids is 1. The summed E-state index contributed by atoms with van der Waals surface area (Å²) in [6.45, 7) is 3.30. The van der Waals surface area contributed by atoms with Gasteiger partial charge in [0.15, 0.2) is 0 Å². The number of nitrogens with one attached hydrogen (secondary N) is 2. The van der Waals surface area contributed by atoms with E-state index in [-0.39, 0.29) is 17.6 Å². The fourth-order valence-corrected chi connectivity index (χ4v) is 2.94. The lowest BCUT2D eigenvalue weighted by Crippen LogP contribution is -2.49. The first-order valence-electron chi connectivity index (χ1n) is 8.30. The Hall–Kier alpha value is -2.90. The van der Waals surface area contributed by atoms with Crippen molar-refractivity contribution in [3.05, 3.63) is 46.6 Å². The van der Waals surface area contributed by atoms with Crippen LogP contribution in [0.3, 0.4) is 0 Å². The number of aryl methyl sites for hydroxylation is 2. The van der Waals surface area contributed by atoms with Gasteiger partial charge in [-0.3, -0.25) is 4.79 Å². The van der Waals surface area contributed by atoms with E-state index in [2.05, 4.69) is 25.5 Å². The van der Waals surface area contributed by atoms with E-state index in [4.69, 9.17) is 0 Å². The molecule has 0 bridgehead atoms. The first-order chi connectivity index (χ1) is 12.0. The van der Waals surface area contributed by atoms with Crippen LogP contribution in [-0.4, -0.2) is 39.7 Å². The molecule has 8 nitrogen and oxygen atoms in total. The summed E-state index contributed by atoms with van der Waals surface area (Å²) in [6.07, 6.45) is 6.91. The molecule has 2 amide bonds. The molecule has 132 valence electrons. The molecule has 0 saturated carbocycles. The fourth-order valence-electron chi connectivity index (χ4n) is 2.94. The highest BCUT2D eigenvalue weighted by molar-refractivity contribution is 5.90. The molecule has 2 aromatic rings. The molecule has 2 N–H and O–H groups in total. The minimum atomic E-state index is -0.368. The third-order valence-electron chi connectivity index (χ3n) is 4.31. The van der Waals surface area contributed by atoms with E-state index in [1.165, 1.54) is 4.57 Å². The van der Waals surface area contributed by atoms with E-state index in [0.717, 1.165) is 24.9 Å². The van der Waals surface area contributed by atoms with Crippen molar-refractivity contribution < 1.29 is 4.79 Å². The van der Waals surface area contributed by atoms with Crippen LogP contribution in [0, 0.1) is 6.92 Å². The standard InChI is InChI=1S/C17H22N6O2/c1-12-6-10-22(2)15(24)14(12)21-17(25)20-13-5-3-9-23(11-13)16-18-7-4-8-19-16/h4,6-8,10,13H,3,5,9,11H2,1-2H3,(H2,20,21,25). The Morgan fingerprint density at radius 1 is 1.32 bits per heavy atom. The molecule has 1 aliphatic rings. The lowest BCUT2D eigenvalue weighted by molar-refractivity contribution is 0.246. The molecule has 1 aliphatic heterocycles. The maximum atomic E-state index is 12.3. The molecular weight excluding hydrogens is 320 g/mol. The molecule has 0 aromatic carbocycles. The van der Waals surface area contributed by atoms with Crippen molar-refractivity contribution in [3.63, 3.8) is 0 Å². The molecule has 0 radical (unpaired) electrons. The van der Waals surface area contributed by atoms with Crippen molar-refractivity contribution in [1.29, 1.82) is 0 Å². The quantitative estimate of drug-likeness (QED) is 0.876. The van der Waals surface area contributed by atoms with E-state index in [9.17, 15) is 9.59 Å². The van der Waals surface area contributed by atoms with Gasteiger partial charge in [-0.05, 0) is 37.5 Å². The van der Waals surface area contributed by atoms with Crippen LogP contribution in [-0.2, 0) is 7.05 Å². The molecule has 25 heavy (non-hydrogen) atoms. The summed E-state index contributed by atoms with van der Waals surface area (Å²) in [6, 6.07) is 3.18. The van der Waals surface area contributed by atoms with Crippen molar-refractivity contribution in [2.45, 2.75) is 25.8 Å². The molecule has 1 fully saturated rings.